The summed E-state index contributed by atoms with van der Waals surface area (Å²) < 4.78 is 0.753. The second kappa shape index (κ2) is 6.92. The molecule has 0 aliphatic carbocycles. The first-order valence-electron chi connectivity index (χ1n) is 7.65. The zero-order valence-corrected chi connectivity index (χ0v) is 16.0. The number of thiophene rings is 1. The molecule has 2 aromatic heterocycles. The van der Waals surface area contributed by atoms with E-state index in [1.54, 1.807) is 17.5 Å². The summed E-state index contributed by atoms with van der Waals surface area (Å²) in [6, 6.07) is 17.5. The van der Waals surface area contributed by atoms with Crippen LogP contribution in [0.1, 0.15) is 22.7 Å². The third-order valence-electron chi connectivity index (χ3n) is 4.09. The number of benzene rings is 1. The van der Waals surface area contributed by atoms with Crippen molar-refractivity contribution in [2.24, 2.45) is 0 Å². The van der Waals surface area contributed by atoms with Crippen LogP contribution in [0.5, 0.6) is 0 Å². The molecule has 0 spiro atoms. The topological polar surface area (TPSA) is 28.2 Å². The van der Waals surface area contributed by atoms with Gasteiger partial charge in [-0.25, -0.2) is 0 Å². The second-order valence-electron chi connectivity index (χ2n) is 5.61. The van der Waals surface area contributed by atoms with Crippen molar-refractivity contribution >= 4 is 57.6 Å². The Hall–Kier alpha value is -1.66. The van der Waals surface area contributed by atoms with Gasteiger partial charge in [-0.05, 0) is 60.7 Å². The molecular formula is C18H13Cl2N3S2. The van der Waals surface area contributed by atoms with Gasteiger partial charge in [0.05, 0.1) is 22.1 Å². The van der Waals surface area contributed by atoms with E-state index in [9.17, 15) is 0 Å². The van der Waals surface area contributed by atoms with Gasteiger partial charge < -0.3 is 10.2 Å². The molecule has 0 bridgehead atoms. The molecule has 126 valence electrons. The van der Waals surface area contributed by atoms with Gasteiger partial charge in [-0.1, -0.05) is 29.3 Å². The zero-order valence-electron chi connectivity index (χ0n) is 12.9. The fraction of sp³-hybridized carbons (Fsp3) is 0.111. The molecule has 1 saturated heterocycles. The van der Waals surface area contributed by atoms with Crippen molar-refractivity contribution in [3.05, 3.63) is 80.7 Å². The quantitative estimate of drug-likeness (QED) is 0.571. The minimum absolute atomic E-state index is 0.0268. The lowest BCUT2D eigenvalue weighted by Crippen LogP contribution is -2.28. The highest BCUT2D eigenvalue weighted by Crippen LogP contribution is 2.44. The van der Waals surface area contributed by atoms with Crippen molar-refractivity contribution in [1.29, 1.82) is 0 Å². The number of rotatable bonds is 3. The molecule has 7 heteroatoms. The first kappa shape index (κ1) is 16.8. The average Bonchev–Trinajstić information content (AvgIpc) is 3.20. The molecule has 1 aromatic carbocycles. The molecule has 4 rings (SSSR count). The fourth-order valence-corrected chi connectivity index (χ4v) is 4.67. The molecule has 3 aromatic rings. The summed E-state index contributed by atoms with van der Waals surface area (Å²) in [5.74, 6) is 0. The maximum atomic E-state index is 6.20. The Morgan fingerprint density at radius 3 is 2.48 bits per heavy atom. The van der Waals surface area contributed by atoms with Crippen LogP contribution < -0.4 is 10.2 Å². The lowest BCUT2D eigenvalue weighted by atomic mass is 10.0. The first-order valence-corrected chi connectivity index (χ1v) is 9.63. The molecule has 1 aliphatic rings. The van der Waals surface area contributed by atoms with E-state index in [1.165, 1.54) is 0 Å². The maximum Gasteiger partial charge on any atom is 0.174 e. The minimum Gasteiger partial charge on any atom is -0.351 e. The van der Waals surface area contributed by atoms with Crippen LogP contribution in [0.4, 0.5) is 5.69 Å². The number of halogens is 2. The van der Waals surface area contributed by atoms with Crippen LogP contribution in [0.15, 0.2) is 60.8 Å². The summed E-state index contributed by atoms with van der Waals surface area (Å²) in [5.41, 5.74) is 1.92. The SMILES string of the molecule is S=C1N[C@@H](c2ccccn2)[C@@H](c2ccc(Cl)s2)N1c1ccc(Cl)cc1. The Kier molecular flexibility index (Phi) is 4.65. The molecule has 2 atom stereocenters. The number of nitrogens with one attached hydrogen (secondary N) is 1. The smallest absolute Gasteiger partial charge is 0.174 e. The van der Waals surface area contributed by atoms with Gasteiger partial charge in [0.2, 0.25) is 0 Å². The number of anilines is 1. The van der Waals surface area contributed by atoms with Gasteiger partial charge in [-0.3, -0.25) is 4.98 Å². The fourth-order valence-electron chi connectivity index (χ4n) is 3.01. The summed E-state index contributed by atoms with van der Waals surface area (Å²) in [4.78, 5) is 7.75. The summed E-state index contributed by atoms with van der Waals surface area (Å²) in [6.07, 6.45) is 1.80. The molecular weight excluding hydrogens is 393 g/mol. The number of nitrogens with zero attached hydrogens (tertiary/aromatic N) is 2. The van der Waals surface area contributed by atoms with E-state index in [2.05, 4.69) is 15.2 Å². The van der Waals surface area contributed by atoms with Gasteiger partial charge in [-0.2, -0.15) is 0 Å². The third-order valence-corrected chi connectivity index (χ3v) is 5.96. The Labute approximate surface area is 165 Å². The monoisotopic (exact) mass is 405 g/mol. The summed E-state index contributed by atoms with van der Waals surface area (Å²) in [7, 11) is 0. The number of pyridine rings is 1. The highest BCUT2D eigenvalue weighted by Gasteiger charge is 2.41. The molecule has 25 heavy (non-hydrogen) atoms. The highest BCUT2D eigenvalue weighted by molar-refractivity contribution is 7.80. The van der Waals surface area contributed by atoms with E-state index < -0.39 is 0 Å². The highest BCUT2D eigenvalue weighted by atomic mass is 35.5. The van der Waals surface area contributed by atoms with Gasteiger partial charge in [0.25, 0.3) is 0 Å². The Morgan fingerprint density at radius 2 is 1.84 bits per heavy atom. The zero-order chi connectivity index (χ0) is 17.4. The molecule has 3 nitrogen and oxygen atoms in total. The van der Waals surface area contributed by atoms with Crippen LogP contribution in [0.25, 0.3) is 0 Å². The van der Waals surface area contributed by atoms with Gasteiger partial charge in [-0.15, -0.1) is 11.3 Å². The molecule has 3 heterocycles. The van der Waals surface area contributed by atoms with E-state index in [4.69, 9.17) is 35.4 Å². The first-order chi connectivity index (χ1) is 12.1. The number of hydrogen-bond donors (Lipinski definition) is 1. The van der Waals surface area contributed by atoms with Crippen molar-refractivity contribution in [3.63, 3.8) is 0 Å². The standard InChI is InChI=1S/C18H13Cl2N3S2/c19-11-4-6-12(7-5-11)23-17(14-8-9-15(20)25-14)16(22-18(23)24)13-3-1-2-10-21-13/h1-10,16-17H,(H,22,24)/t16-,17+/m0/s1. The largest absolute Gasteiger partial charge is 0.351 e. The normalized spacial score (nSPS) is 19.9. The van der Waals surface area contributed by atoms with Crippen LogP contribution in [-0.2, 0) is 0 Å². The van der Waals surface area contributed by atoms with Crippen molar-refractivity contribution < 1.29 is 0 Å². The van der Waals surface area contributed by atoms with Crippen molar-refractivity contribution in [3.8, 4) is 0 Å². The molecule has 1 fully saturated rings. The average molecular weight is 406 g/mol. The van der Waals surface area contributed by atoms with E-state index >= 15 is 0 Å². The van der Waals surface area contributed by atoms with E-state index in [1.807, 2.05) is 54.6 Å². The molecule has 1 aliphatic heterocycles. The molecule has 0 unspecified atom stereocenters. The lowest BCUT2D eigenvalue weighted by Gasteiger charge is -2.26. The molecule has 1 N–H and O–H groups in total. The van der Waals surface area contributed by atoms with Gasteiger partial charge in [0, 0.05) is 21.8 Å². The van der Waals surface area contributed by atoms with Crippen LogP contribution in [0.3, 0.4) is 0 Å². The Morgan fingerprint density at radius 1 is 1.04 bits per heavy atom. The Balaban J connectivity index is 1.81. The maximum absolute atomic E-state index is 6.20. The third kappa shape index (κ3) is 3.25. The second-order valence-corrected chi connectivity index (χ2v) is 8.18. The summed E-state index contributed by atoms with van der Waals surface area (Å²) >= 11 is 19.4. The Bertz CT molecular complexity index is 896. The predicted octanol–water partition coefficient (Wildman–Crippen LogP) is 5.63. The number of thiocarbonyl (C=S) groups is 1. The summed E-state index contributed by atoms with van der Waals surface area (Å²) in [5, 5.41) is 4.77. The summed E-state index contributed by atoms with van der Waals surface area (Å²) in [6.45, 7) is 0. The number of hydrogen-bond acceptors (Lipinski definition) is 3. The molecule has 0 radical (unpaired) electrons. The lowest BCUT2D eigenvalue weighted by molar-refractivity contribution is 0.575. The van der Waals surface area contributed by atoms with Crippen LogP contribution in [0, 0.1) is 0 Å². The van der Waals surface area contributed by atoms with Crippen molar-refractivity contribution in [1.82, 2.24) is 10.3 Å². The van der Waals surface area contributed by atoms with Crippen LogP contribution in [-0.4, -0.2) is 10.1 Å². The van der Waals surface area contributed by atoms with Gasteiger partial charge in [0.15, 0.2) is 5.11 Å². The van der Waals surface area contributed by atoms with Crippen LogP contribution >= 0.6 is 46.8 Å². The van der Waals surface area contributed by atoms with Crippen molar-refractivity contribution in [2.75, 3.05) is 4.90 Å². The van der Waals surface area contributed by atoms with E-state index in [0.29, 0.717) is 10.1 Å². The molecule has 0 amide bonds. The minimum atomic E-state index is -0.0564. The predicted molar refractivity (Wildman–Crippen MR) is 109 cm³/mol. The molecule has 0 saturated carbocycles. The number of aromatic nitrogens is 1. The van der Waals surface area contributed by atoms with Crippen molar-refractivity contribution in [2.45, 2.75) is 12.1 Å². The van der Waals surface area contributed by atoms with E-state index in [-0.39, 0.29) is 12.1 Å². The van der Waals surface area contributed by atoms with E-state index in [0.717, 1.165) is 20.6 Å². The van der Waals surface area contributed by atoms with Gasteiger partial charge >= 0.3 is 0 Å². The van der Waals surface area contributed by atoms with Gasteiger partial charge in [0.1, 0.15) is 0 Å². The van der Waals surface area contributed by atoms with Crippen LogP contribution in [0.2, 0.25) is 9.36 Å².